The number of carbonyl (C=O) groups excluding carboxylic acids is 1. The van der Waals surface area contributed by atoms with E-state index >= 15 is 0 Å². The Balaban J connectivity index is 0.00000380. The second-order valence-corrected chi connectivity index (χ2v) is 11.1. The van der Waals surface area contributed by atoms with Crippen molar-refractivity contribution in [1.29, 1.82) is 0 Å². The molecule has 2 aromatic rings. The van der Waals surface area contributed by atoms with E-state index in [1.54, 1.807) is 0 Å². The summed E-state index contributed by atoms with van der Waals surface area (Å²) in [6, 6.07) is 10.6. The first-order valence-corrected chi connectivity index (χ1v) is 13.5. The molecule has 1 saturated carbocycles. The van der Waals surface area contributed by atoms with E-state index in [9.17, 15) is 13.6 Å². The van der Waals surface area contributed by atoms with E-state index in [4.69, 9.17) is 0 Å². The molecule has 2 atom stereocenters. The highest BCUT2D eigenvalue weighted by atomic mass is 35.5. The molecule has 2 heterocycles. The quantitative estimate of drug-likeness (QED) is 0.433. The van der Waals surface area contributed by atoms with Gasteiger partial charge in [-0.1, -0.05) is 44.2 Å². The predicted octanol–water partition coefficient (Wildman–Crippen LogP) is 6.23. The smallest absolute Gasteiger partial charge is 0.248 e. The fourth-order valence-corrected chi connectivity index (χ4v) is 5.86. The summed E-state index contributed by atoms with van der Waals surface area (Å²) in [6.45, 7) is 10.5. The van der Waals surface area contributed by atoms with E-state index in [1.807, 2.05) is 37.3 Å². The molecule has 2 fully saturated rings. The first-order chi connectivity index (χ1) is 17.1. The third-order valence-electron chi connectivity index (χ3n) is 8.08. The van der Waals surface area contributed by atoms with Crippen molar-refractivity contribution in [2.45, 2.75) is 103 Å². The average Bonchev–Trinajstić information content (AvgIpc) is 3.25. The van der Waals surface area contributed by atoms with Crippen molar-refractivity contribution in [1.82, 2.24) is 25.0 Å². The van der Waals surface area contributed by atoms with Crippen LogP contribution < -0.4 is 5.32 Å². The molecule has 1 aliphatic heterocycles. The summed E-state index contributed by atoms with van der Waals surface area (Å²) < 4.78 is 29.5. The number of alkyl halides is 2. The average molecular weight is 538 g/mol. The summed E-state index contributed by atoms with van der Waals surface area (Å²) in [5.74, 6) is -0.659. The Morgan fingerprint density at radius 1 is 1.05 bits per heavy atom. The highest BCUT2D eigenvalue weighted by Gasteiger charge is 2.38. The first-order valence-electron chi connectivity index (χ1n) is 13.5. The second kappa shape index (κ2) is 12.7. The topological polar surface area (TPSA) is 63.1 Å². The molecule has 1 unspecified atom stereocenters. The van der Waals surface area contributed by atoms with Gasteiger partial charge in [0, 0.05) is 49.9 Å². The van der Waals surface area contributed by atoms with Crippen LogP contribution in [-0.4, -0.2) is 50.6 Å². The molecule has 37 heavy (non-hydrogen) atoms. The summed E-state index contributed by atoms with van der Waals surface area (Å²) in [6.07, 6.45) is 2.98. The summed E-state index contributed by atoms with van der Waals surface area (Å²) in [5.41, 5.74) is 1.07. The maximum Gasteiger partial charge on any atom is 0.248 e. The number of aryl methyl sites for hydroxylation is 1. The molecule has 9 heteroatoms. The Morgan fingerprint density at radius 2 is 1.68 bits per heavy atom. The molecular formula is C28H42ClF2N5O. The lowest BCUT2D eigenvalue weighted by Crippen LogP contribution is -2.44. The van der Waals surface area contributed by atoms with Crippen LogP contribution in [0.5, 0.6) is 0 Å². The zero-order valence-electron chi connectivity index (χ0n) is 22.5. The van der Waals surface area contributed by atoms with Crippen LogP contribution in [0.3, 0.4) is 0 Å². The van der Waals surface area contributed by atoms with Gasteiger partial charge >= 0.3 is 0 Å². The van der Waals surface area contributed by atoms with E-state index in [-0.39, 0.29) is 62.0 Å². The molecule has 1 aromatic heterocycles. The minimum absolute atomic E-state index is 0. The molecule has 6 nitrogen and oxygen atoms in total. The number of rotatable bonds is 8. The van der Waals surface area contributed by atoms with Gasteiger partial charge in [0.1, 0.15) is 11.6 Å². The van der Waals surface area contributed by atoms with Crippen molar-refractivity contribution < 1.29 is 13.6 Å². The molecule has 1 saturated heterocycles. The van der Waals surface area contributed by atoms with Crippen molar-refractivity contribution in [2.75, 3.05) is 13.1 Å². The van der Waals surface area contributed by atoms with Gasteiger partial charge in [-0.2, -0.15) is 0 Å². The zero-order chi connectivity index (χ0) is 25.9. The molecule has 1 aromatic carbocycles. The first kappa shape index (κ1) is 29.5. The van der Waals surface area contributed by atoms with Crippen LogP contribution in [-0.2, 0) is 4.79 Å². The van der Waals surface area contributed by atoms with Crippen LogP contribution in [0, 0.1) is 12.8 Å². The van der Waals surface area contributed by atoms with Gasteiger partial charge in [-0.3, -0.25) is 4.79 Å². The minimum atomic E-state index is -2.63. The van der Waals surface area contributed by atoms with Crippen molar-refractivity contribution in [3.05, 3.63) is 47.5 Å². The van der Waals surface area contributed by atoms with Crippen LogP contribution >= 0.6 is 12.4 Å². The molecule has 2 aliphatic rings. The molecular weight excluding hydrogens is 496 g/mol. The molecule has 0 spiro atoms. The number of piperidine rings is 1. The summed E-state index contributed by atoms with van der Waals surface area (Å²) in [5, 5.41) is 12.0. The van der Waals surface area contributed by atoms with E-state index < -0.39 is 5.92 Å². The number of likely N-dealkylation sites (tertiary alicyclic amines) is 1. The fourth-order valence-electron chi connectivity index (χ4n) is 5.86. The fraction of sp³-hybridized carbons (Fsp3) is 0.679. The third-order valence-corrected chi connectivity index (χ3v) is 8.08. The number of halogens is 3. The largest absolute Gasteiger partial charge is 0.349 e. The monoisotopic (exact) mass is 537 g/mol. The van der Waals surface area contributed by atoms with Crippen molar-refractivity contribution in [2.24, 2.45) is 5.92 Å². The SMILES string of the molecule is Cc1nnc(C(C)C)n1C1CCN(C(C)C[C@H](NC(=O)C2CCC(F)(F)CC2)c2ccccc2)CC1.Cl. The van der Waals surface area contributed by atoms with E-state index in [0.717, 1.165) is 49.6 Å². The molecule has 0 radical (unpaired) electrons. The number of hydrogen-bond acceptors (Lipinski definition) is 4. The van der Waals surface area contributed by atoms with E-state index in [1.165, 1.54) is 0 Å². The van der Waals surface area contributed by atoms with Crippen molar-refractivity contribution in [3.8, 4) is 0 Å². The second-order valence-electron chi connectivity index (χ2n) is 11.1. The van der Waals surface area contributed by atoms with Gasteiger partial charge in [0.15, 0.2) is 0 Å². The van der Waals surface area contributed by atoms with Crippen molar-refractivity contribution >= 4 is 18.3 Å². The highest BCUT2D eigenvalue weighted by Crippen LogP contribution is 2.37. The lowest BCUT2D eigenvalue weighted by atomic mass is 9.85. The Labute approximate surface area is 226 Å². The van der Waals surface area contributed by atoms with Gasteiger partial charge in [-0.05, 0) is 51.5 Å². The number of nitrogens with one attached hydrogen (secondary N) is 1. The van der Waals surface area contributed by atoms with Crippen molar-refractivity contribution in [3.63, 3.8) is 0 Å². The van der Waals surface area contributed by atoms with Gasteiger partial charge in [-0.25, -0.2) is 8.78 Å². The van der Waals surface area contributed by atoms with Crippen LogP contribution in [0.1, 0.15) is 101 Å². The normalized spacial score (nSPS) is 20.8. The van der Waals surface area contributed by atoms with Crippen LogP contribution in [0.4, 0.5) is 8.78 Å². The Kier molecular flexibility index (Phi) is 10.1. The molecule has 1 amide bonds. The summed E-state index contributed by atoms with van der Waals surface area (Å²) in [7, 11) is 0. The number of amides is 1. The lowest BCUT2D eigenvalue weighted by molar-refractivity contribution is -0.130. The standard InChI is InChI=1S/C28H41F2N5O.ClH/c1-19(2)26-33-32-21(4)35(26)24-12-16-34(17-13-24)20(3)18-25(22-8-6-5-7-9-22)31-27(36)23-10-14-28(29,30)15-11-23;/h5-9,19-20,23-25H,10-18H2,1-4H3,(H,31,36);1H/t20?,25-;/m0./s1. The number of aromatic nitrogens is 3. The maximum atomic E-state index is 13.6. The zero-order valence-corrected chi connectivity index (χ0v) is 23.3. The number of carbonyl (C=O) groups is 1. The van der Waals surface area contributed by atoms with Crippen LogP contribution in [0.25, 0.3) is 0 Å². The molecule has 1 N–H and O–H groups in total. The van der Waals surface area contributed by atoms with Gasteiger partial charge < -0.3 is 14.8 Å². The molecule has 206 valence electrons. The molecule has 1 aliphatic carbocycles. The van der Waals surface area contributed by atoms with Gasteiger partial charge in [0.25, 0.3) is 0 Å². The Bertz CT molecular complexity index is 997. The third kappa shape index (κ3) is 7.29. The minimum Gasteiger partial charge on any atom is -0.349 e. The van der Waals surface area contributed by atoms with E-state index in [2.05, 4.69) is 45.8 Å². The Hall–Kier alpha value is -2.06. The highest BCUT2D eigenvalue weighted by molar-refractivity contribution is 5.85. The van der Waals surface area contributed by atoms with Gasteiger partial charge in [-0.15, -0.1) is 22.6 Å². The van der Waals surface area contributed by atoms with Gasteiger partial charge in [0.2, 0.25) is 11.8 Å². The number of benzene rings is 1. The van der Waals surface area contributed by atoms with E-state index in [0.29, 0.717) is 12.0 Å². The predicted molar refractivity (Wildman–Crippen MR) is 144 cm³/mol. The Morgan fingerprint density at radius 3 is 2.27 bits per heavy atom. The summed E-state index contributed by atoms with van der Waals surface area (Å²) in [4.78, 5) is 15.6. The maximum absolute atomic E-state index is 13.6. The van der Waals surface area contributed by atoms with Crippen LogP contribution in [0.2, 0.25) is 0 Å². The van der Waals surface area contributed by atoms with Crippen LogP contribution in [0.15, 0.2) is 30.3 Å². The molecule has 4 rings (SSSR count). The summed E-state index contributed by atoms with van der Waals surface area (Å²) >= 11 is 0. The number of hydrogen-bond donors (Lipinski definition) is 1. The number of nitrogens with zero attached hydrogens (tertiary/aromatic N) is 4. The molecule has 0 bridgehead atoms. The lowest BCUT2D eigenvalue weighted by Gasteiger charge is -2.38. The van der Waals surface area contributed by atoms with Gasteiger partial charge in [0.05, 0.1) is 6.04 Å².